The Kier molecular flexibility index (Phi) is 6.75. The molecule has 0 atom stereocenters. The fraction of sp³-hybridized carbons (Fsp3) is 0.0800. The highest BCUT2D eigenvalue weighted by atomic mass is 32.2. The number of nitrogens with zero attached hydrogens (tertiary/aromatic N) is 2. The first-order valence-corrected chi connectivity index (χ1v) is 11.1. The molecule has 8 heteroatoms. The van der Waals surface area contributed by atoms with Crippen LogP contribution in [0.3, 0.4) is 0 Å². The number of nitrogens with one attached hydrogen (secondary N) is 1. The molecule has 7 nitrogen and oxygen atoms in total. The van der Waals surface area contributed by atoms with Crippen molar-refractivity contribution in [1.82, 2.24) is 9.55 Å². The van der Waals surface area contributed by atoms with E-state index in [2.05, 4.69) is 10.3 Å². The molecule has 0 bridgehead atoms. The Morgan fingerprint density at radius 2 is 1.70 bits per heavy atom. The largest absolute Gasteiger partial charge is 0.495 e. The Morgan fingerprint density at radius 3 is 2.39 bits per heavy atom. The number of anilines is 1. The van der Waals surface area contributed by atoms with Crippen LogP contribution >= 0.6 is 11.8 Å². The van der Waals surface area contributed by atoms with Crippen molar-refractivity contribution in [3.8, 4) is 22.7 Å². The van der Waals surface area contributed by atoms with Gasteiger partial charge in [-0.1, -0.05) is 54.2 Å². The van der Waals surface area contributed by atoms with Gasteiger partial charge in [-0.3, -0.25) is 14.2 Å². The summed E-state index contributed by atoms with van der Waals surface area (Å²) in [7, 11) is 1.63. The van der Waals surface area contributed by atoms with Crippen LogP contribution in [0.2, 0.25) is 0 Å². The lowest BCUT2D eigenvalue weighted by Gasteiger charge is -2.15. The smallest absolute Gasteiger partial charge is 0.248 e. The molecular weight excluding hydrogens is 436 g/mol. The summed E-state index contributed by atoms with van der Waals surface area (Å²) in [5, 5.41) is 3.49. The maximum Gasteiger partial charge on any atom is 0.248 e. The number of nitrogens with two attached hydrogens (primary N) is 1. The van der Waals surface area contributed by atoms with Gasteiger partial charge in [0.2, 0.25) is 11.8 Å². The summed E-state index contributed by atoms with van der Waals surface area (Å²) in [5.41, 5.74) is 8.96. The number of rotatable bonds is 8. The average Bonchev–Trinajstić information content (AvgIpc) is 3.27. The van der Waals surface area contributed by atoms with Crippen LogP contribution in [-0.2, 0) is 4.79 Å². The van der Waals surface area contributed by atoms with Crippen molar-refractivity contribution in [2.45, 2.75) is 5.16 Å². The fourth-order valence-electron chi connectivity index (χ4n) is 3.34. The number of imidazole rings is 1. The second-order valence-corrected chi connectivity index (χ2v) is 8.02. The summed E-state index contributed by atoms with van der Waals surface area (Å²) in [4.78, 5) is 28.4. The molecule has 1 aromatic heterocycles. The van der Waals surface area contributed by atoms with Crippen molar-refractivity contribution in [2.75, 3.05) is 18.2 Å². The van der Waals surface area contributed by atoms with Crippen LogP contribution in [-0.4, -0.2) is 34.2 Å². The summed E-state index contributed by atoms with van der Waals surface area (Å²) in [6, 6.07) is 24.1. The number of para-hydroxylation sites is 2. The number of methoxy groups -OCH3 is 1. The van der Waals surface area contributed by atoms with Gasteiger partial charge in [0.25, 0.3) is 0 Å². The van der Waals surface area contributed by atoms with Gasteiger partial charge in [-0.2, -0.15) is 0 Å². The van der Waals surface area contributed by atoms with Crippen LogP contribution in [0.5, 0.6) is 5.75 Å². The molecule has 4 rings (SSSR count). The molecule has 3 aromatic carbocycles. The van der Waals surface area contributed by atoms with Crippen LogP contribution in [0.4, 0.5) is 5.69 Å². The first-order valence-electron chi connectivity index (χ1n) is 10.2. The third-order valence-corrected chi connectivity index (χ3v) is 5.86. The maximum absolute atomic E-state index is 12.6. The fourth-order valence-corrected chi connectivity index (χ4v) is 4.13. The van der Waals surface area contributed by atoms with Crippen LogP contribution in [0.1, 0.15) is 10.4 Å². The quantitative estimate of drug-likeness (QED) is 0.382. The molecule has 0 aliphatic carbocycles. The molecule has 3 N–H and O–H groups in total. The number of ether oxygens (including phenoxy) is 1. The number of hydrogen-bond donors (Lipinski definition) is 2. The molecule has 0 saturated carbocycles. The topological polar surface area (TPSA) is 99.2 Å². The van der Waals surface area contributed by atoms with Crippen LogP contribution < -0.4 is 15.8 Å². The third kappa shape index (κ3) is 5.07. The van der Waals surface area contributed by atoms with E-state index in [1.165, 1.54) is 11.8 Å². The first kappa shape index (κ1) is 22.2. The van der Waals surface area contributed by atoms with Crippen molar-refractivity contribution in [1.29, 1.82) is 0 Å². The molecular formula is C25H22N4O3S. The van der Waals surface area contributed by atoms with Gasteiger partial charge in [-0.05, 0) is 36.4 Å². The van der Waals surface area contributed by atoms with Crippen LogP contribution in [0.25, 0.3) is 16.9 Å². The van der Waals surface area contributed by atoms with E-state index in [0.717, 1.165) is 16.9 Å². The van der Waals surface area contributed by atoms with Gasteiger partial charge in [0, 0.05) is 16.8 Å². The summed E-state index contributed by atoms with van der Waals surface area (Å²) in [6.45, 7) is 0. The monoisotopic (exact) mass is 458 g/mol. The molecule has 2 amide bonds. The lowest BCUT2D eigenvalue weighted by atomic mass is 10.1. The SMILES string of the molecule is COc1ccccc1-n1c(-c2ccccc2)cnc1SCC(=O)Nc1ccc(C(N)=O)cc1. The first-order chi connectivity index (χ1) is 16.1. The number of carbonyl (C=O) groups excluding carboxylic acids is 2. The van der Waals surface area contributed by atoms with E-state index in [-0.39, 0.29) is 11.7 Å². The molecule has 0 aliphatic heterocycles. The Labute approximate surface area is 195 Å². The maximum atomic E-state index is 12.6. The standard InChI is InChI=1S/C25H22N4O3S/c1-32-22-10-6-5-9-20(22)29-21(17-7-3-2-4-8-17)15-27-25(29)33-16-23(30)28-19-13-11-18(12-14-19)24(26)31/h2-15H,16H2,1H3,(H2,26,31)(H,28,30). The number of thioether (sulfide) groups is 1. The van der Waals surface area contributed by atoms with Crippen molar-refractivity contribution in [2.24, 2.45) is 5.73 Å². The van der Waals surface area contributed by atoms with Crippen LogP contribution in [0, 0.1) is 0 Å². The minimum atomic E-state index is -0.513. The number of amides is 2. The minimum absolute atomic E-state index is 0.151. The van der Waals surface area contributed by atoms with E-state index < -0.39 is 5.91 Å². The van der Waals surface area contributed by atoms with E-state index in [9.17, 15) is 9.59 Å². The van der Waals surface area contributed by atoms with E-state index in [0.29, 0.717) is 22.2 Å². The zero-order valence-electron chi connectivity index (χ0n) is 17.9. The predicted octanol–water partition coefficient (Wildman–Crippen LogP) is 4.38. The highest BCUT2D eigenvalue weighted by Gasteiger charge is 2.18. The second kappa shape index (κ2) is 10.1. The number of aromatic nitrogens is 2. The summed E-state index contributed by atoms with van der Waals surface area (Å²) in [5.74, 6) is 0.148. The van der Waals surface area contributed by atoms with Crippen molar-refractivity contribution < 1.29 is 14.3 Å². The molecule has 0 saturated heterocycles. The Hall–Kier alpha value is -4.04. The van der Waals surface area contributed by atoms with Gasteiger partial charge < -0.3 is 15.8 Å². The number of carbonyl (C=O) groups is 2. The second-order valence-electron chi connectivity index (χ2n) is 7.08. The van der Waals surface area contributed by atoms with Crippen molar-refractivity contribution in [3.63, 3.8) is 0 Å². The zero-order valence-corrected chi connectivity index (χ0v) is 18.7. The number of benzene rings is 3. The van der Waals surface area contributed by atoms with Gasteiger partial charge in [-0.25, -0.2) is 4.98 Å². The van der Waals surface area contributed by atoms with Gasteiger partial charge in [0.15, 0.2) is 5.16 Å². The number of hydrogen-bond acceptors (Lipinski definition) is 5. The van der Waals surface area contributed by atoms with E-state index in [4.69, 9.17) is 10.5 Å². The summed E-state index contributed by atoms with van der Waals surface area (Å²) >= 11 is 1.32. The zero-order chi connectivity index (χ0) is 23.2. The molecule has 0 unspecified atom stereocenters. The van der Waals surface area contributed by atoms with Gasteiger partial charge in [0.1, 0.15) is 5.75 Å². The molecule has 0 aliphatic rings. The predicted molar refractivity (Wildman–Crippen MR) is 130 cm³/mol. The van der Waals surface area contributed by atoms with Gasteiger partial charge in [0.05, 0.1) is 30.4 Å². The molecule has 0 radical (unpaired) electrons. The Bertz CT molecular complexity index is 1270. The lowest BCUT2D eigenvalue weighted by molar-refractivity contribution is -0.113. The van der Waals surface area contributed by atoms with E-state index in [1.807, 2.05) is 59.2 Å². The minimum Gasteiger partial charge on any atom is -0.495 e. The average molecular weight is 459 g/mol. The molecule has 0 fully saturated rings. The van der Waals surface area contributed by atoms with Crippen molar-refractivity contribution in [3.05, 3.63) is 90.6 Å². The molecule has 33 heavy (non-hydrogen) atoms. The van der Waals surface area contributed by atoms with Crippen molar-refractivity contribution >= 4 is 29.3 Å². The highest BCUT2D eigenvalue weighted by molar-refractivity contribution is 7.99. The Morgan fingerprint density at radius 1 is 1.00 bits per heavy atom. The third-order valence-electron chi connectivity index (χ3n) is 4.91. The van der Waals surface area contributed by atoms with Gasteiger partial charge >= 0.3 is 0 Å². The molecule has 0 spiro atoms. The van der Waals surface area contributed by atoms with E-state index in [1.54, 1.807) is 37.6 Å². The highest BCUT2D eigenvalue weighted by Crippen LogP contribution is 2.33. The summed E-state index contributed by atoms with van der Waals surface area (Å²) in [6.07, 6.45) is 1.80. The van der Waals surface area contributed by atoms with Crippen LogP contribution in [0.15, 0.2) is 90.2 Å². The van der Waals surface area contributed by atoms with E-state index >= 15 is 0 Å². The van der Waals surface area contributed by atoms with Gasteiger partial charge in [-0.15, -0.1) is 0 Å². The molecule has 4 aromatic rings. The Balaban J connectivity index is 1.58. The lowest BCUT2D eigenvalue weighted by Crippen LogP contribution is -2.15. The number of primary amides is 1. The normalized spacial score (nSPS) is 10.6. The summed E-state index contributed by atoms with van der Waals surface area (Å²) < 4.78 is 7.57. The molecule has 1 heterocycles. The molecule has 166 valence electrons.